The third-order valence-corrected chi connectivity index (χ3v) is 6.22. The highest BCUT2D eigenvalue weighted by Gasteiger charge is 2.12. The van der Waals surface area contributed by atoms with Crippen molar-refractivity contribution in [2.75, 3.05) is 47.5 Å². The number of rotatable bonds is 8. The maximum atomic E-state index is 12.1. The number of piperidine rings is 1. The first-order valence-electron chi connectivity index (χ1n) is 11.9. The summed E-state index contributed by atoms with van der Waals surface area (Å²) in [5.41, 5.74) is 2.44. The minimum absolute atomic E-state index is 0.234. The number of likely N-dealkylation sites (tertiary alicyclic amines) is 1. The van der Waals surface area contributed by atoms with E-state index >= 15 is 0 Å². The summed E-state index contributed by atoms with van der Waals surface area (Å²) in [6.45, 7) is 3.17. The topological polar surface area (TPSA) is 108 Å². The molecular formula is C26H28ClN5O4S. The fraction of sp³-hybridized carbons (Fsp3) is 0.269. The summed E-state index contributed by atoms with van der Waals surface area (Å²) in [6.07, 6.45) is 4.56. The lowest BCUT2D eigenvalue weighted by molar-refractivity contribution is 0.0996. The summed E-state index contributed by atoms with van der Waals surface area (Å²) in [5.74, 6) is -0.0966. The van der Waals surface area contributed by atoms with Gasteiger partial charge in [0, 0.05) is 23.6 Å². The van der Waals surface area contributed by atoms with Crippen LogP contribution in [0.25, 0.3) is 0 Å². The van der Waals surface area contributed by atoms with Gasteiger partial charge in [0.25, 0.3) is 5.91 Å². The highest BCUT2D eigenvalue weighted by atomic mass is 35.5. The maximum absolute atomic E-state index is 12.1. The van der Waals surface area contributed by atoms with E-state index in [1.807, 2.05) is 0 Å². The van der Waals surface area contributed by atoms with Crippen LogP contribution in [-0.4, -0.2) is 48.3 Å². The van der Waals surface area contributed by atoms with Crippen LogP contribution < -0.4 is 21.3 Å². The molecule has 2 amide bonds. The average Bonchev–Trinajstić information content (AvgIpc) is 3.43. The van der Waals surface area contributed by atoms with Crippen LogP contribution in [0.5, 0.6) is 0 Å². The number of anilines is 4. The largest absolute Gasteiger partial charge is 0.459 e. The van der Waals surface area contributed by atoms with E-state index in [-0.39, 0.29) is 11.7 Å². The predicted octanol–water partition coefficient (Wildman–Crippen LogP) is 6.03. The lowest BCUT2D eigenvalue weighted by atomic mass is 10.1. The second-order valence-corrected chi connectivity index (χ2v) is 9.26. The number of nitrogens with zero attached hydrogens (tertiary/aromatic N) is 1. The fourth-order valence-electron chi connectivity index (χ4n) is 3.82. The molecule has 0 atom stereocenters. The summed E-state index contributed by atoms with van der Waals surface area (Å²) < 4.78 is 10.4. The van der Waals surface area contributed by atoms with Gasteiger partial charge in [-0.05, 0) is 92.7 Å². The first kappa shape index (κ1) is 26.5. The van der Waals surface area contributed by atoms with E-state index in [0.29, 0.717) is 33.8 Å². The fourth-order valence-corrected chi connectivity index (χ4v) is 4.29. The van der Waals surface area contributed by atoms with Crippen molar-refractivity contribution in [2.45, 2.75) is 19.3 Å². The zero-order chi connectivity index (χ0) is 26.0. The molecule has 37 heavy (non-hydrogen) atoms. The molecule has 1 aliphatic heterocycles. The summed E-state index contributed by atoms with van der Waals surface area (Å²) in [7, 11) is 0. The second kappa shape index (κ2) is 13.1. The Kier molecular flexibility index (Phi) is 9.36. The van der Waals surface area contributed by atoms with E-state index in [2.05, 4.69) is 26.2 Å². The third kappa shape index (κ3) is 8.21. The number of amides is 2. The molecule has 0 radical (unpaired) electrons. The van der Waals surface area contributed by atoms with Crippen LogP contribution in [0.15, 0.2) is 65.3 Å². The summed E-state index contributed by atoms with van der Waals surface area (Å²) >= 11 is 11.7. The first-order valence-corrected chi connectivity index (χ1v) is 12.7. The zero-order valence-electron chi connectivity index (χ0n) is 20.1. The van der Waals surface area contributed by atoms with Crippen molar-refractivity contribution >= 4 is 63.7 Å². The summed E-state index contributed by atoms with van der Waals surface area (Å²) in [5, 5.41) is 12.2. The van der Waals surface area contributed by atoms with Gasteiger partial charge in [-0.1, -0.05) is 18.0 Å². The van der Waals surface area contributed by atoms with E-state index in [9.17, 15) is 9.59 Å². The first-order chi connectivity index (χ1) is 18.0. The Hall–Kier alpha value is -3.60. The van der Waals surface area contributed by atoms with Crippen LogP contribution in [0.4, 0.5) is 27.5 Å². The molecule has 3 aromatic rings. The highest BCUT2D eigenvalue weighted by Crippen LogP contribution is 2.26. The van der Waals surface area contributed by atoms with Crippen molar-refractivity contribution in [2.24, 2.45) is 0 Å². The standard InChI is InChI=1S/C26H28ClN5O4S/c27-21-17-20(10-11-22(21)31-26(34)36-16-14-32-12-2-1-3-13-32)30-25(37)29-19-8-6-18(7-9-19)28-24(33)23-5-4-15-35-23/h4-11,15,17H,1-3,12-14,16H2,(H,28,33)(H,31,34)(H2,29,30,37). The number of halogens is 1. The molecule has 1 aliphatic rings. The molecule has 1 fully saturated rings. The maximum Gasteiger partial charge on any atom is 0.411 e. The van der Waals surface area contributed by atoms with Crippen molar-refractivity contribution in [1.29, 1.82) is 0 Å². The number of hydrogen-bond donors (Lipinski definition) is 4. The molecule has 0 bridgehead atoms. The van der Waals surface area contributed by atoms with Gasteiger partial charge in [0.1, 0.15) is 6.61 Å². The Bertz CT molecular complexity index is 1210. The van der Waals surface area contributed by atoms with Crippen LogP contribution in [0.2, 0.25) is 5.02 Å². The Labute approximate surface area is 225 Å². The van der Waals surface area contributed by atoms with Crippen molar-refractivity contribution in [3.63, 3.8) is 0 Å². The second-order valence-electron chi connectivity index (χ2n) is 8.45. The van der Waals surface area contributed by atoms with Crippen LogP contribution >= 0.6 is 23.8 Å². The number of carbonyl (C=O) groups excluding carboxylic acids is 2. The van der Waals surface area contributed by atoms with Gasteiger partial charge in [0.2, 0.25) is 0 Å². The molecule has 0 aliphatic carbocycles. The van der Waals surface area contributed by atoms with Crippen LogP contribution in [0.3, 0.4) is 0 Å². The van der Waals surface area contributed by atoms with Gasteiger partial charge in [0.15, 0.2) is 10.9 Å². The van der Waals surface area contributed by atoms with Gasteiger partial charge >= 0.3 is 6.09 Å². The molecule has 4 N–H and O–H groups in total. The summed E-state index contributed by atoms with van der Waals surface area (Å²) in [4.78, 5) is 26.5. The Morgan fingerprint density at radius 3 is 2.27 bits per heavy atom. The lowest BCUT2D eigenvalue weighted by Gasteiger charge is -2.25. The lowest BCUT2D eigenvalue weighted by Crippen LogP contribution is -2.33. The molecule has 2 heterocycles. The van der Waals surface area contributed by atoms with Crippen LogP contribution in [0.1, 0.15) is 29.8 Å². The molecule has 1 saturated heterocycles. The molecule has 9 nitrogen and oxygen atoms in total. The molecule has 4 rings (SSSR count). The average molecular weight is 542 g/mol. The van der Waals surface area contributed by atoms with Gasteiger partial charge in [-0.15, -0.1) is 0 Å². The van der Waals surface area contributed by atoms with E-state index < -0.39 is 6.09 Å². The third-order valence-electron chi connectivity index (χ3n) is 5.70. The minimum Gasteiger partial charge on any atom is -0.459 e. The van der Waals surface area contributed by atoms with E-state index in [0.717, 1.165) is 25.3 Å². The minimum atomic E-state index is -0.541. The number of ether oxygens (including phenoxy) is 1. The number of furan rings is 1. The van der Waals surface area contributed by atoms with Gasteiger partial charge in [-0.3, -0.25) is 15.0 Å². The van der Waals surface area contributed by atoms with Gasteiger partial charge in [0.05, 0.1) is 17.0 Å². The number of carbonyl (C=O) groups is 2. The van der Waals surface area contributed by atoms with Crippen molar-refractivity contribution in [3.05, 3.63) is 71.6 Å². The van der Waals surface area contributed by atoms with Crippen LogP contribution in [0, 0.1) is 0 Å². The normalized spacial score (nSPS) is 13.4. The number of nitrogens with one attached hydrogen (secondary N) is 4. The summed E-state index contributed by atoms with van der Waals surface area (Å²) in [6, 6.07) is 15.4. The van der Waals surface area contributed by atoms with E-state index in [1.165, 1.54) is 25.5 Å². The van der Waals surface area contributed by atoms with Gasteiger partial charge in [-0.2, -0.15) is 0 Å². The van der Waals surface area contributed by atoms with E-state index in [1.54, 1.807) is 54.6 Å². The predicted molar refractivity (Wildman–Crippen MR) is 150 cm³/mol. The highest BCUT2D eigenvalue weighted by molar-refractivity contribution is 7.80. The smallest absolute Gasteiger partial charge is 0.411 e. The van der Waals surface area contributed by atoms with Crippen LogP contribution in [-0.2, 0) is 4.74 Å². The molecule has 1 aromatic heterocycles. The quantitative estimate of drug-likeness (QED) is 0.256. The SMILES string of the molecule is O=C(Nc1ccc(NC(=S)Nc2ccc(NC(=O)c3ccco3)cc2)cc1Cl)OCCN1CCCCC1. The van der Waals surface area contributed by atoms with E-state index in [4.69, 9.17) is 33.0 Å². The van der Waals surface area contributed by atoms with Crippen molar-refractivity contribution in [1.82, 2.24) is 4.90 Å². The molecule has 194 valence electrons. The van der Waals surface area contributed by atoms with Crippen molar-refractivity contribution < 1.29 is 18.7 Å². The number of benzene rings is 2. The molecule has 11 heteroatoms. The van der Waals surface area contributed by atoms with Gasteiger partial charge in [-0.25, -0.2) is 4.79 Å². The monoisotopic (exact) mass is 541 g/mol. The Morgan fingerprint density at radius 2 is 1.59 bits per heavy atom. The van der Waals surface area contributed by atoms with Gasteiger partial charge < -0.3 is 25.1 Å². The molecule has 0 saturated carbocycles. The van der Waals surface area contributed by atoms with Crippen molar-refractivity contribution in [3.8, 4) is 0 Å². The molecular weight excluding hydrogens is 514 g/mol. The Balaban J connectivity index is 1.21. The molecule has 0 unspecified atom stereocenters. The number of thiocarbonyl (C=S) groups is 1. The molecule has 2 aromatic carbocycles. The molecule has 0 spiro atoms. The number of hydrogen-bond acceptors (Lipinski definition) is 6. The zero-order valence-corrected chi connectivity index (χ0v) is 21.7. The Morgan fingerprint density at radius 1 is 0.919 bits per heavy atom.